The molecule has 0 unspecified atom stereocenters. The lowest BCUT2D eigenvalue weighted by Crippen LogP contribution is -2.30. The molecule has 1 atom stereocenters. The lowest BCUT2D eigenvalue weighted by Gasteiger charge is -2.28. The van der Waals surface area contributed by atoms with Crippen LogP contribution in [0.3, 0.4) is 0 Å². The third-order valence-corrected chi connectivity index (χ3v) is 6.37. The van der Waals surface area contributed by atoms with Crippen molar-refractivity contribution in [1.29, 1.82) is 0 Å². The first-order chi connectivity index (χ1) is 15.6. The van der Waals surface area contributed by atoms with Crippen molar-refractivity contribution in [2.45, 2.75) is 45.8 Å². The van der Waals surface area contributed by atoms with Gasteiger partial charge in [-0.05, 0) is 65.8 Å². The second-order valence-corrected chi connectivity index (χ2v) is 8.59. The normalized spacial score (nSPS) is 14.5. The van der Waals surface area contributed by atoms with E-state index in [1.54, 1.807) is 7.11 Å². The van der Waals surface area contributed by atoms with Crippen molar-refractivity contribution in [3.8, 4) is 5.75 Å². The highest BCUT2D eigenvalue weighted by Gasteiger charge is 2.17. The van der Waals surface area contributed by atoms with Crippen LogP contribution in [0.2, 0.25) is 0 Å². The number of hydrogen-bond acceptors (Lipinski definition) is 3. The van der Waals surface area contributed by atoms with Crippen LogP contribution in [0.1, 0.15) is 57.6 Å². The molecule has 0 radical (unpaired) electrons. The molecule has 0 fully saturated rings. The monoisotopic (exact) mass is 428 g/mol. The molecule has 4 heteroatoms. The minimum Gasteiger partial charge on any atom is -0.496 e. The van der Waals surface area contributed by atoms with Gasteiger partial charge in [0.15, 0.2) is 0 Å². The summed E-state index contributed by atoms with van der Waals surface area (Å²) in [7, 11) is 1.68. The quantitative estimate of drug-likeness (QED) is 0.545. The molecule has 4 nitrogen and oxygen atoms in total. The number of amides is 1. The Hall–Kier alpha value is -3.11. The largest absolute Gasteiger partial charge is 0.496 e. The molecule has 0 aliphatic carbocycles. The number of rotatable bonds is 7. The van der Waals surface area contributed by atoms with E-state index in [1.807, 2.05) is 31.2 Å². The number of nitrogens with zero attached hydrogens (tertiary/aromatic N) is 1. The smallest absolute Gasteiger partial charge is 0.251 e. The highest BCUT2D eigenvalue weighted by Crippen LogP contribution is 2.25. The molecule has 1 aliphatic heterocycles. The zero-order valence-electron chi connectivity index (χ0n) is 19.2. The van der Waals surface area contributed by atoms with Crippen molar-refractivity contribution in [3.05, 3.63) is 100 Å². The Bertz CT molecular complexity index is 1080. The van der Waals surface area contributed by atoms with Gasteiger partial charge in [0.2, 0.25) is 0 Å². The van der Waals surface area contributed by atoms with Crippen LogP contribution in [0, 0.1) is 6.92 Å². The summed E-state index contributed by atoms with van der Waals surface area (Å²) in [6.45, 7) is 7.07. The molecule has 3 aromatic carbocycles. The summed E-state index contributed by atoms with van der Waals surface area (Å²) >= 11 is 0. The zero-order chi connectivity index (χ0) is 22.5. The summed E-state index contributed by atoms with van der Waals surface area (Å²) in [5, 5.41) is 3.19. The van der Waals surface area contributed by atoms with E-state index in [2.05, 4.69) is 59.6 Å². The molecule has 1 aliphatic rings. The number of benzene rings is 3. The Morgan fingerprint density at radius 1 is 1.06 bits per heavy atom. The summed E-state index contributed by atoms with van der Waals surface area (Å²) in [6, 6.07) is 22.8. The third-order valence-electron chi connectivity index (χ3n) is 6.37. The highest BCUT2D eigenvalue weighted by molar-refractivity contribution is 5.94. The predicted octanol–water partition coefficient (Wildman–Crippen LogP) is 5.44. The molecule has 166 valence electrons. The van der Waals surface area contributed by atoms with E-state index in [9.17, 15) is 4.79 Å². The van der Waals surface area contributed by atoms with Crippen molar-refractivity contribution in [2.24, 2.45) is 0 Å². The van der Waals surface area contributed by atoms with E-state index in [0.29, 0.717) is 5.56 Å². The molecule has 4 rings (SSSR count). The van der Waals surface area contributed by atoms with E-state index >= 15 is 0 Å². The van der Waals surface area contributed by atoms with Crippen LogP contribution in [-0.2, 0) is 19.5 Å². The van der Waals surface area contributed by atoms with Crippen molar-refractivity contribution in [1.82, 2.24) is 10.2 Å². The number of ether oxygens (including phenoxy) is 1. The van der Waals surface area contributed by atoms with Crippen molar-refractivity contribution in [3.63, 3.8) is 0 Å². The van der Waals surface area contributed by atoms with Crippen molar-refractivity contribution >= 4 is 5.91 Å². The molecule has 3 aromatic rings. The average Bonchev–Trinajstić information content (AvgIpc) is 2.82. The SMILES string of the molecule is CC[C@H](NC(=O)c1ccc(CN2CCc3ccccc3C2)cc1)c1ccc(OC)c(C)c1. The molecule has 1 heterocycles. The molecule has 0 spiro atoms. The molecule has 0 aromatic heterocycles. The fraction of sp³-hybridized carbons (Fsp3) is 0.321. The number of carbonyl (C=O) groups is 1. The fourth-order valence-electron chi connectivity index (χ4n) is 4.49. The molecular formula is C28H32N2O2. The fourth-order valence-corrected chi connectivity index (χ4v) is 4.49. The van der Waals surface area contributed by atoms with Gasteiger partial charge in [0, 0.05) is 25.2 Å². The summed E-state index contributed by atoms with van der Waals surface area (Å²) in [4.78, 5) is 15.4. The van der Waals surface area contributed by atoms with Crippen molar-refractivity contribution < 1.29 is 9.53 Å². The lowest BCUT2D eigenvalue weighted by atomic mass is 9.99. The average molecular weight is 429 g/mol. The van der Waals surface area contributed by atoms with Gasteiger partial charge in [-0.1, -0.05) is 55.5 Å². The molecule has 0 bridgehead atoms. The number of fused-ring (bicyclic) bond motifs is 1. The molecule has 0 saturated carbocycles. The summed E-state index contributed by atoms with van der Waals surface area (Å²) in [5.74, 6) is 0.825. The highest BCUT2D eigenvalue weighted by atomic mass is 16.5. The van der Waals surface area contributed by atoms with Crippen LogP contribution < -0.4 is 10.1 Å². The second-order valence-electron chi connectivity index (χ2n) is 8.59. The first-order valence-corrected chi connectivity index (χ1v) is 11.4. The number of carbonyl (C=O) groups excluding carboxylic acids is 1. The van der Waals surface area contributed by atoms with Crippen molar-refractivity contribution in [2.75, 3.05) is 13.7 Å². The maximum Gasteiger partial charge on any atom is 0.251 e. The standard InChI is InChI=1S/C28H32N2O2/c1-4-26(24-13-14-27(32-3)20(2)17-24)29-28(31)23-11-9-21(10-12-23)18-30-16-15-22-7-5-6-8-25(22)19-30/h5-14,17,26H,4,15-16,18-19H2,1-3H3,(H,29,31)/t26-/m0/s1. The van der Waals surface area contributed by atoms with E-state index in [0.717, 1.165) is 49.4 Å². The molecular weight excluding hydrogens is 396 g/mol. The number of nitrogens with one attached hydrogen (secondary N) is 1. The van der Waals surface area contributed by atoms with Crippen LogP contribution in [0.4, 0.5) is 0 Å². The van der Waals surface area contributed by atoms with Crippen LogP contribution >= 0.6 is 0 Å². The summed E-state index contributed by atoms with van der Waals surface area (Å²) in [6.07, 6.45) is 1.92. The Morgan fingerprint density at radius 3 is 2.50 bits per heavy atom. The summed E-state index contributed by atoms with van der Waals surface area (Å²) in [5.41, 5.74) is 6.99. The van der Waals surface area contributed by atoms with Gasteiger partial charge in [0.25, 0.3) is 5.91 Å². The minimum atomic E-state index is -0.0382. The third kappa shape index (κ3) is 5.03. The maximum atomic E-state index is 12.9. The van der Waals surface area contributed by atoms with Gasteiger partial charge in [-0.25, -0.2) is 0 Å². The number of hydrogen-bond donors (Lipinski definition) is 1. The van der Waals surface area contributed by atoms with E-state index in [4.69, 9.17) is 4.74 Å². The topological polar surface area (TPSA) is 41.6 Å². The van der Waals surface area contributed by atoms with Gasteiger partial charge >= 0.3 is 0 Å². The van der Waals surface area contributed by atoms with Gasteiger partial charge in [0.1, 0.15) is 5.75 Å². The van der Waals surface area contributed by atoms with Gasteiger partial charge in [-0.3, -0.25) is 9.69 Å². The second kappa shape index (κ2) is 10.0. The number of methoxy groups -OCH3 is 1. The first kappa shape index (κ1) is 22.1. The predicted molar refractivity (Wildman–Crippen MR) is 129 cm³/mol. The van der Waals surface area contributed by atoms with Crippen LogP contribution in [0.5, 0.6) is 5.75 Å². The Labute approximate surface area is 191 Å². The number of aryl methyl sites for hydroxylation is 1. The summed E-state index contributed by atoms with van der Waals surface area (Å²) < 4.78 is 5.36. The van der Waals surface area contributed by atoms with Crippen LogP contribution in [-0.4, -0.2) is 24.5 Å². The van der Waals surface area contributed by atoms with Gasteiger partial charge < -0.3 is 10.1 Å². The van der Waals surface area contributed by atoms with Gasteiger partial charge in [-0.15, -0.1) is 0 Å². The Kier molecular flexibility index (Phi) is 6.91. The maximum absolute atomic E-state index is 12.9. The van der Waals surface area contributed by atoms with E-state index in [-0.39, 0.29) is 11.9 Å². The molecule has 32 heavy (non-hydrogen) atoms. The van der Waals surface area contributed by atoms with Gasteiger partial charge in [0.05, 0.1) is 13.2 Å². The van der Waals surface area contributed by atoms with Gasteiger partial charge in [-0.2, -0.15) is 0 Å². The van der Waals surface area contributed by atoms with Crippen LogP contribution in [0.15, 0.2) is 66.7 Å². The Morgan fingerprint density at radius 2 is 1.81 bits per heavy atom. The molecule has 1 N–H and O–H groups in total. The molecule has 0 saturated heterocycles. The molecule has 1 amide bonds. The first-order valence-electron chi connectivity index (χ1n) is 11.4. The lowest BCUT2D eigenvalue weighted by molar-refractivity contribution is 0.0935. The van der Waals surface area contributed by atoms with E-state index < -0.39 is 0 Å². The van der Waals surface area contributed by atoms with Crippen LogP contribution in [0.25, 0.3) is 0 Å². The minimum absolute atomic E-state index is 0.0276. The van der Waals surface area contributed by atoms with E-state index in [1.165, 1.54) is 16.7 Å². The Balaban J connectivity index is 1.38. The zero-order valence-corrected chi connectivity index (χ0v) is 19.2.